The van der Waals surface area contributed by atoms with E-state index in [0.717, 1.165) is 0 Å². The van der Waals surface area contributed by atoms with Gasteiger partial charge in [-0.25, -0.2) is 0 Å². The van der Waals surface area contributed by atoms with E-state index in [0.29, 0.717) is 6.42 Å². The van der Waals surface area contributed by atoms with Crippen LogP contribution in [0.4, 0.5) is 0 Å². The van der Waals surface area contributed by atoms with Crippen molar-refractivity contribution < 1.29 is 14.9 Å². The number of aliphatic hydroxyl groups excluding tert-OH is 2. The van der Waals surface area contributed by atoms with Crippen molar-refractivity contribution in [2.24, 2.45) is 5.73 Å². The Bertz CT molecular complexity index is 108. The second kappa shape index (κ2) is 2.84. The van der Waals surface area contributed by atoms with Gasteiger partial charge in [-0.1, -0.05) is 0 Å². The molecule has 0 aromatic heterocycles. The van der Waals surface area contributed by atoms with Crippen LogP contribution < -0.4 is 5.73 Å². The van der Waals surface area contributed by atoms with Crippen molar-refractivity contribution in [3.05, 3.63) is 0 Å². The Labute approximate surface area is 59.6 Å². The van der Waals surface area contributed by atoms with Crippen molar-refractivity contribution in [1.29, 1.82) is 0 Å². The summed E-state index contributed by atoms with van der Waals surface area (Å²) in [4.78, 5) is 0. The van der Waals surface area contributed by atoms with E-state index in [1.165, 1.54) is 0 Å². The molecular formula is C6H13NO3. The third kappa shape index (κ3) is 1.46. The minimum Gasteiger partial charge on any atom is -0.389 e. The largest absolute Gasteiger partial charge is 0.389 e. The van der Waals surface area contributed by atoms with Gasteiger partial charge in [-0.2, -0.15) is 0 Å². The third-order valence-corrected chi connectivity index (χ3v) is 1.77. The van der Waals surface area contributed by atoms with Gasteiger partial charge in [0.05, 0.1) is 12.2 Å². The zero-order valence-corrected chi connectivity index (χ0v) is 5.90. The lowest BCUT2D eigenvalue weighted by Crippen LogP contribution is -2.51. The summed E-state index contributed by atoms with van der Waals surface area (Å²) in [5.74, 6) is 0. The van der Waals surface area contributed by atoms with Crippen LogP contribution in [0.5, 0.6) is 0 Å². The van der Waals surface area contributed by atoms with E-state index in [4.69, 9.17) is 15.6 Å². The molecule has 4 nitrogen and oxygen atoms in total. The quantitative estimate of drug-likeness (QED) is 0.402. The average Bonchev–Trinajstić information content (AvgIpc) is 1.82. The fourth-order valence-electron chi connectivity index (χ4n) is 1.10. The molecule has 0 amide bonds. The summed E-state index contributed by atoms with van der Waals surface area (Å²) in [5.41, 5.74) is 5.47. The molecule has 1 saturated heterocycles. The van der Waals surface area contributed by atoms with Crippen molar-refractivity contribution in [2.45, 2.75) is 37.9 Å². The molecule has 0 bridgehead atoms. The molecule has 0 radical (unpaired) electrons. The first-order valence-electron chi connectivity index (χ1n) is 3.38. The predicted octanol–water partition coefficient (Wildman–Crippen LogP) is -1.20. The Kier molecular flexibility index (Phi) is 2.25. The summed E-state index contributed by atoms with van der Waals surface area (Å²) in [7, 11) is 0. The maximum absolute atomic E-state index is 9.20. The summed E-state index contributed by atoms with van der Waals surface area (Å²) in [6, 6.07) is -0.362. The Morgan fingerprint density at radius 2 is 2.10 bits per heavy atom. The van der Waals surface area contributed by atoms with Gasteiger partial charge >= 0.3 is 0 Å². The molecule has 0 saturated carbocycles. The van der Waals surface area contributed by atoms with Gasteiger partial charge in [0.1, 0.15) is 0 Å². The molecule has 1 aliphatic rings. The topological polar surface area (TPSA) is 75.7 Å². The van der Waals surface area contributed by atoms with Crippen LogP contribution in [0.25, 0.3) is 0 Å². The number of aliphatic hydroxyl groups is 2. The molecule has 4 heteroatoms. The molecule has 0 aliphatic carbocycles. The maximum Gasteiger partial charge on any atom is 0.156 e. The summed E-state index contributed by atoms with van der Waals surface area (Å²) in [6.45, 7) is 1.69. The van der Waals surface area contributed by atoms with Crippen LogP contribution in [0, 0.1) is 0 Å². The molecule has 0 aromatic rings. The average molecular weight is 147 g/mol. The van der Waals surface area contributed by atoms with Crippen LogP contribution in [-0.4, -0.2) is 34.8 Å². The maximum atomic E-state index is 9.20. The molecular weight excluding hydrogens is 134 g/mol. The van der Waals surface area contributed by atoms with Gasteiger partial charge in [-0.3, -0.25) is 0 Å². The van der Waals surface area contributed by atoms with E-state index in [1.54, 1.807) is 6.92 Å². The van der Waals surface area contributed by atoms with Gasteiger partial charge < -0.3 is 20.7 Å². The van der Waals surface area contributed by atoms with Crippen LogP contribution in [-0.2, 0) is 4.74 Å². The van der Waals surface area contributed by atoms with E-state index < -0.39 is 12.4 Å². The summed E-state index contributed by atoms with van der Waals surface area (Å²) in [6.07, 6.45) is -1.51. The monoisotopic (exact) mass is 147 g/mol. The molecule has 60 valence electrons. The van der Waals surface area contributed by atoms with E-state index in [2.05, 4.69) is 0 Å². The highest BCUT2D eigenvalue weighted by Gasteiger charge is 2.31. The molecule has 0 aromatic carbocycles. The number of hydrogen-bond acceptors (Lipinski definition) is 4. The summed E-state index contributed by atoms with van der Waals surface area (Å²) >= 11 is 0. The molecule has 4 atom stereocenters. The molecule has 1 heterocycles. The van der Waals surface area contributed by atoms with Gasteiger partial charge in [0, 0.05) is 12.5 Å². The Morgan fingerprint density at radius 1 is 1.50 bits per heavy atom. The SMILES string of the molecule is CC1OC(O)CC(N)[C@@H]1O. The van der Waals surface area contributed by atoms with Crippen molar-refractivity contribution >= 4 is 0 Å². The molecule has 0 spiro atoms. The highest BCUT2D eigenvalue weighted by molar-refractivity contribution is 4.82. The van der Waals surface area contributed by atoms with Gasteiger partial charge in [0.15, 0.2) is 6.29 Å². The lowest BCUT2D eigenvalue weighted by Gasteiger charge is -2.33. The van der Waals surface area contributed by atoms with Crippen LogP contribution in [0.15, 0.2) is 0 Å². The lowest BCUT2D eigenvalue weighted by molar-refractivity contribution is -0.198. The Hall–Kier alpha value is -0.160. The van der Waals surface area contributed by atoms with Crippen LogP contribution in [0.1, 0.15) is 13.3 Å². The van der Waals surface area contributed by atoms with Gasteiger partial charge in [0.25, 0.3) is 0 Å². The molecule has 1 aliphatic heterocycles. The smallest absolute Gasteiger partial charge is 0.156 e. The predicted molar refractivity (Wildman–Crippen MR) is 35.2 cm³/mol. The standard InChI is InChI=1S/C6H13NO3/c1-3-6(9)4(7)2-5(8)10-3/h3-6,8-9H,2,7H2,1H3/t3?,4?,5?,6-/m1/s1. The van der Waals surface area contributed by atoms with Crippen LogP contribution >= 0.6 is 0 Å². The van der Waals surface area contributed by atoms with Crippen molar-refractivity contribution in [1.82, 2.24) is 0 Å². The minimum absolute atomic E-state index is 0.311. The van der Waals surface area contributed by atoms with E-state index in [9.17, 15) is 5.11 Å². The molecule has 10 heavy (non-hydrogen) atoms. The first-order chi connectivity index (χ1) is 4.61. The van der Waals surface area contributed by atoms with Crippen LogP contribution in [0.2, 0.25) is 0 Å². The van der Waals surface area contributed by atoms with Crippen molar-refractivity contribution in [2.75, 3.05) is 0 Å². The lowest BCUT2D eigenvalue weighted by atomic mass is 10.0. The second-order valence-electron chi connectivity index (χ2n) is 2.69. The summed E-state index contributed by atoms with van der Waals surface area (Å²) in [5, 5.41) is 18.2. The Balaban J connectivity index is 2.49. The fourth-order valence-corrected chi connectivity index (χ4v) is 1.10. The highest BCUT2D eigenvalue weighted by atomic mass is 16.6. The van der Waals surface area contributed by atoms with Gasteiger partial charge in [-0.05, 0) is 6.92 Å². The number of ether oxygens (including phenoxy) is 1. The number of nitrogens with two attached hydrogens (primary N) is 1. The summed E-state index contributed by atoms with van der Waals surface area (Å²) < 4.78 is 4.89. The first-order valence-corrected chi connectivity index (χ1v) is 3.38. The van der Waals surface area contributed by atoms with Crippen molar-refractivity contribution in [3.63, 3.8) is 0 Å². The zero-order chi connectivity index (χ0) is 7.72. The van der Waals surface area contributed by atoms with E-state index in [1.807, 2.05) is 0 Å². The highest BCUT2D eigenvalue weighted by Crippen LogP contribution is 2.16. The van der Waals surface area contributed by atoms with Crippen molar-refractivity contribution in [3.8, 4) is 0 Å². The normalized spacial score (nSPS) is 49.2. The molecule has 3 unspecified atom stereocenters. The molecule has 4 N–H and O–H groups in total. The fraction of sp³-hybridized carbons (Fsp3) is 1.00. The van der Waals surface area contributed by atoms with Crippen LogP contribution in [0.3, 0.4) is 0 Å². The van der Waals surface area contributed by atoms with Gasteiger partial charge in [-0.15, -0.1) is 0 Å². The number of hydrogen-bond donors (Lipinski definition) is 3. The first kappa shape index (κ1) is 7.94. The molecule has 1 fully saturated rings. The van der Waals surface area contributed by atoms with E-state index in [-0.39, 0.29) is 12.1 Å². The third-order valence-electron chi connectivity index (χ3n) is 1.77. The zero-order valence-electron chi connectivity index (χ0n) is 5.90. The Morgan fingerprint density at radius 3 is 2.60 bits per heavy atom. The van der Waals surface area contributed by atoms with E-state index >= 15 is 0 Å². The minimum atomic E-state index is -0.812. The molecule has 1 rings (SSSR count). The van der Waals surface area contributed by atoms with Gasteiger partial charge in [0.2, 0.25) is 0 Å². The number of rotatable bonds is 0. The second-order valence-corrected chi connectivity index (χ2v) is 2.69.